The van der Waals surface area contributed by atoms with Gasteiger partial charge in [-0.1, -0.05) is 11.8 Å². The number of thioether (sulfide) groups is 1. The minimum absolute atomic E-state index is 0.0272. The van der Waals surface area contributed by atoms with E-state index >= 15 is 0 Å². The van der Waals surface area contributed by atoms with Crippen LogP contribution in [-0.2, 0) is 19.0 Å². The number of hydrogen-bond donors (Lipinski definition) is 2. The normalized spacial score (nSPS) is 15.0. The van der Waals surface area contributed by atoms with Gasteiger partial charge in [-0.2, -0.15) is 0 Å². The molecule has 0 bridgehead atoms. The molecular formula is C18H13FN4O5S. The topological polar surface area (TPSA) is 118 Å². The maximum Gasteiger partial charge on any atom is 0.356 e. The highest BCUT2D eigenvalue weighted by molar-refractivity contribution is 7.99. The molecule has 5 rings (SSSR count). The molecule has 3 aromatic rings. The summed E-state index contributed by atoms with van der Waals surface area (Å²) in [5.41, 5.74) is -0.353. The lowest BCUT2D eigenvalue weighted by Crippen LogP contribution is -2.34. The zero-order valence-corrected chi connectivity index (χ0v) is 15.6. The van der Waals surface area contributed by atoms with Gasteiger partial charge < -0.3 is 24.2 Å². The van der Waals surface area contributed by atoms with Gasteiger partial charge in [0.15, 0.2) is 5.69 Å². The van der Waals surface area contributed by atoms with Crippen LogP contribution >= 0.6 is 11.8 Å². The highest BCUT2D eigenvalue weighted by Gasteiger charge is 2.30. The SMILES string of the molecule is O=C(O)c1cn2c(n1)CN(c1cc3c(cc1F)c(=O)c(C(=O)O)c1n3CS1)CC2. The molecule has 29 heavy (non-hydrogen) atoms. The smallest absolute Gasteiger partial charge is 0.356 e. The van der Waals surface area contributed by atoms with E-state index in [-0.39, 0.29) is 28.9 Å². The molecular weight excluding hydrogens is 403 g/mol. The van der Waals surface area contributed by atoms with E-state index in [2.05, 4.69) is 4.98 Å². The van der Waals surface area contributed by atoms with Crippen molar-refractivity contribution in [2.24, 2.45) is 0 Å². The van der Waals surface area contributed by atoms with Crippen LogP contribution in [0.25, 0.3) is 10.9 Å². The summed E-state index contributed by atoms with van der Waals surface area (Å²) >= 11 is 1.26. The predicted molar refractivity (Wildman–Crippen MR) is 101 cm³/mol. The predicted octanol–water partition coefficient (Wildman–Crippen LogP) is 1.82. The van der Waals surface area contributed by atoms with Crippen LogP contribution in [0.5, 0.6) is 0 Å². The molecule has 0 aliphatic carbocycles. The molecule has 11 heteroatoms. The molecule has 0 radical (unpaired) electrons. The molecule has 2 aliphatic rings. The summed E-state index contributed by atoms with van der Waals surface area (Å²) in [6.45, 7) is 1.09. The number of nitrogens with zero attached hydrogens (tertiary/aromatic N) is 4. The van der Waals surface area contributed by atoms with E-state index in [1.807, 2.05) is 0 Å². The van der Waals surface area contributed by atoms with Crippen molar-refractivity contribution in [3.05, 3.63) is 51.5 Å². The summed E-state index contributed by atoms with van der Waals surface area (Å²) in [5.74, 6) is -2.11. The summed E-state index contributed by atoms with van der Waals surface area (Å²) in [6.07, 6.45) is 1.46. The fourth-order valence-electron chi connectivity index (χ4n) is 3.76. The number of carboxylic acids is 2. The molecule has 9 nitrogen and oxygen atoms in total. The number of imidazole rings is 1. The van der Waals surface area contributed by atoms with Gasteiger partial charge in [0, 0.05) is 24.7 Å². The maximum absolute atomic E-state index is 14.9. The van der Waals surface area contributed by atoms with Crippen LogP contribution in [0.3, 0.4) is 0 Å². The van der Waals surface area contributed by atoms with Gasteiger partial charge in [0.05, 0.1) is 28.7 Å². The van der Waals surface area contributed by atoms with Gasteiger partial charge in [-0.3, -0.25) is 4.79 Å². The lowest BCUT2D eigenvalue weighted by Gasteiger charge is -2.31. The van der Waals surface area contributed by atoms with E-state index in [4.69, 9.17) is 5.11 Å². The summed E-state index contributed by atoms with van der Waals surface area (Å²) in [7, 11) is 0. The molecule has 0 amide bonds. The van der Waals surface area contributed by atoms with Gasteiger partial charge >= 0.3 is 11.9 Å². The number of pyridine rings is 1. The summed E-state index contributed by atoms with van der Waals surface area (Å²) in [4.78, 5) is 41.0. The van der Waals surface area contributed by atoms with Gasteiger partial charge in [-0.05, 0) is 12.1 Å². The Hall–Kier alpha value is -3.34. The Morgan fingerprint density at radius 1 is 1.17 bits per heavy atom. The Balaban J connectivity index is 1.62. The average Bonchev–Trinajstić information content (AvgIpc) is 3.08. The number of fused-ring (bicyclic) bond motifs is 4. The van der Waals surface area contributed by atoms with E-state index in [1.54, 1.807) is 20.1 Å². The monoisotopic (exact) mass is 416 g/mol. The highest BCUT2D eigenvalue weighted by atomic mass is 32.2. The number of aromatic nitrogens is 3. The van der Waals surface area contributed by atoms with Gasteiger partial charge in [0.25, 0.3) is 0 Å². The van der Waals surface area contributed by atoms with Crippen LogP contribution in [-0.4, -0.2) is 42.8 Å². The molecule has 1 aromatic carbocycles. The van der Waals surface area contributed by atoms with E-state index in [0.29, 0.717) is 35.3 Å². The second kappa shape index (κ2) is 6.08. The molecule has 0 saturated carbocycles. The van der Waals surface area contributed by atoms with Crippen LogP contribution in [0.4, 0.5) is 10.1 Å². The summed E-state index contributed by atoms with van der Waals surface area (Å²) < 4.78 is 18.3. The number of halogens is 1. The molecule has 2 N–H and O–H groups in total. The Labute approximate surface area is 166 Å². The van der Waals surface area contributed by atoms with Crippen molar-refractivity contribution in [1.29, 1.82) is 0 Å². The number of anilines is 1. The number of carbonyl (C=O) groups is 2. The first kappa shape index (κ1) is 17.7. The second-order valence-corrected chi connectivity index (χ2v) is 7.73. The van der Waals surface area contributed by atoms with Crippen LogP contribution in [0.15, 0.2) is 28.2 Å². The van der Waals surface area contributed by atoms with Gasteiger partial charge in [0.2, 0.25) is 5.43 Å². The fourth-order valence-corrected chi connectivity index (χ4v) is 4.71. The quantitative estimate of drug-likeness (QED) is 0.664. The van der Waals surface area contributed by atoms with Crippen LogP contribution in [0, 0.1) is 5.82 Å². The average molecular weight is 416 g/mol. The first-order valence-corrected chi connectivity index (χ1v) is 9.64. The van der Waals surface area contributed by atoms with Crippen molar-refractivity contribution < 1.29 is 24.2 Å². The van der Waals surface area contributed by atoms with Crippen molar-refractivity contribution in [3.8, 4) is 0 Å². The Morgan fingerprint density at radius 3 is 2.62 bits per heavy atom. The number of aromatic carboxylic acids is 2. The molecule has 2 aliphatic heterocycles. The highest BCUT2D eigenvalue weighted by Crippen LogP contribution is 2.38. The molecule has 0 fully saturated rings. The van der Waals surface area contributed by atoms with Crippen molar-refractivity contribution >= 4 is 40.3 Å². The lowest BCUT2D eigenvalue weighted by atomic mass is 10.1. The Kier molecular flexibility index (Phi) is 3.72. The first-order valence-electron chi connectivity index (χ1n) is 8.65. The Bertz CT molecular complexity index is 1300. The summed E-state index contributed by atoms with van der Waals surface area (Å²) in [6, 6.07) is 2.64. The van der Waals surface area contributed by atoms with E-state index in [1.165, 1.54) is 18.0 Å². The van der Waals surface area contributed by atoms with Crippen LogP contribution in [0.2, 0.25) is 0 Å². The summed E-state index contributed by atoms with van der Waals surface area (Å²) in [5, 5.41) is 18.8. The Morgan fingerprint density at radius 2 is 1.97 bits per heavy atom. The molecule has 4 heterocycles. The molecule has 0 atom stereocenters. The van der Waals surface area contributed by atoms with E-state index in [0.717, 1.165) is 6.07 Å². The third kappa shape index (κ3) is 2.54. The van der Waals surface area contributed by atoms with E-state index in [9.17, 15) is 23.9 Å². The maximum atomic E-state index is 14.9. The molecule has 148 valence electrons. The van der Waals surface area contributed by atoms with Crippen molar-refractivity contribution in [1.82, 2.24) is 14.1 Å². The van der Waals surface area contributed by atoms with Crippen LogP contribution in [0.1, 0.15) is 26.7 Å². The molecule has 0 saturated heterocycles. The first-order chi connectivity index (χ1) is 13.8. The standard InChI is InChI=1S/C18H13FN4O5S/c19-9-3-8-11(23-7-29-16(23)14(15(8)24)18(27)28)4-12(9)21-1-2-22-5-10(17(25)26)20-13(22)6-21/h3-5H,1-2,6-7H2,(H,25,26)(H,27,28). The van der Waals surface area contributed by atoms with Crippen molar-refractivity contribution in [3.63, 3.8) is 0 Å². The third-order valence-corrected chi connectivity index (χ3v) is 6.28. The van der Waals surface area contributed by atoms with Gasteiger partial charge in [-0.25, -0.2) is 19.0 Å². The number of rotatable bonds is 3. The molecule has 0 unspecified atom stereocenters. The largest absolute Gasteiger partial charge is 0.477 e. The zero-order chi connectivity index (χ0) is 20.4. The third-order valence-electron chi connectivity index (χ3n) is 5.19. The fraction of sp³-hybridized carbons (Fsp3) is 0.222. The van der Waals surface area contributed by atoms with Crippen molar-refractivity contribution in [2.75, 3.05) is 11.4 Å². The number of carboxylic acid groups (broad SMARTS) is 2. The minimum Gasteiger partial charge on any atom is -0.477 e. The minimum atomic E-state index is -1.32. The molecule has 0 spiro atoms. The van der Waals surface area contributed by atoms with Crippen molar-refractivity contribution in [2.45, 2.75) is 24.0 Å². The lowest BCUT2D eigenvalue weighted by molar-refractivity contribution is 0.0679. The van der Waals surface area contributed by atoms with Gasteiger partial charge in [-0.15, -0.1) is 0 Å². The van der Waals surface area contributed by atoms with Gasteiger partial charge in [0.1, 0.15) is 17.2 Å². The van der Waals surface area contributed by atoms with E-state index < -0.39 is 23.2 Å². The second-order valence-electron chi connectivity index (χ2n) is 6.80. The number of benzene rings is 1. The number of hydrogen-bond acceptors (Lipinski definition) is 6. The zero-order valence-electron chi connectivity index (χ0n) is 14.8. The van der Waals surface area contributed by atoms with Crippen LogP contribution < -0.4 is 10.3 Å². The molecule has 2 aromatic heterocycles.